The highest BCUT2D eigenvalue weighted by Gasteiger charge is 2.32. The van der Waals surface area contributed by atoms with Gasteiger partial charge in [-0.3, -0.25) is 4.79 Å². The standard InChI is InChI=1S/C17H27BCl2N2O2/c18-9-2-1-7-17(21,16(23)24)8-11-22-10-3-4-13-5-6-14(19)12-15(13)20/h5-6,12,22H,1-4,7-11,18,21H2,(H,23,24). The highest BCUT2D eigenvalue weighted by atomic mass is 35.5. The fraction of sp³-hybridized carbons (Fsp3) is 0.588. The lowest BCUT2D eigenvalue weighted by Crippen LogP contribution is -2.49. The Morgan fingerprint density at radius 2 is 1.96 bits per heavy atom. The van der Waals surface area contributed by atoms with Crippen molar-refractivity contribution in [1.82, 2.24) is 5.32 Å². The first-order chi connectivity index (χ1) is 11.4. The van der Waals surface area contributed by atoms with E-state index in [1.807, 2.05) is 12.1 Å². The minimum absolute atomic E-state index is 0.438. The fourth-order valence-electron chi connectivity index (χ4n) is 2.59. The second kappa shape index (κ2) is 11.0. The van der Waals surface area contributed by atoms with Crippen LogP contribution in [-0.4, -0.2) is 37.6 Å². The molecule has 134 valence electrons. The summed E-state index contributed by atoms with van der Waals surface area (Å²) in [6.07, 6.45) is 5.66. The molecule has 0 bridgehead atoms. The molecule has 4 N–H and O–H groups in total. The molecule has 0 radical (unpaired) electrons. The summed E-state index contributed by atoms with van der Waals surface area (Å²) >= 11 is 12.0. The van der Waals surface area contributed by atoms with Crippen LogP contribution in [0.5, 0.6) is 0 Å². The first-order valence-electron chi connectivity index (χ1n) is 8.56. The van der Waals surface area contributed by atoms with E-state index in [9.17, 15) is 9.90 Å². The Bertz CT molecular complexity index is 531. The summed E-state index contributed by atoms with van der Waals surface area (Å²) < 4.78 is 0. The molecule has 0 aliphatic carbocycles. The Kier molecular flexibility index (Phi) is 9.75. The maximum Gasteiger partial charge on any atom is 0.323 e. The van der Waals surface area contributed by atoms with E-state index < -0.39 is 11.5 Å². The molecular weight excluding hydrogens is 346 g/mol. The normalized spacial score (nSPS) is 13.6. The third-order valence-corrected chi connectivity index (χ3v) is 4.80. The number of nitrogens with two attached hydrogens (primary N) is 1. The van der Waals surface area contributed by atoms with Gasteiger partial charge in [-0.05, 0) is 56.5 Å². The number of benzene rings is 1. The molecule has 7 heteroatoms. The molecule has 0 aliphatic heterocycles. The van der Waals surface area contributed by atoms with Crippen LogP contribution >= 0.6 is 23.2 Å². The summed E-state index contributed by atoms with van der Waals surface area (Å²) in [6, 6.07) is 5.52. The molecule has 1 atom stereocenters. The highest BCUT2D eigenvalue weighted by molar-refractivity contribution is 6.35. The highest BCUT2D eigenvalue weighted by Crippen LogP contribution is 2.22. The minimum Gasteiger partial charge on any atom is -0.480 e. The van der Waals surface area contributed by atoms with Gasteiger partial charge in [0.05, 0.1) is 0 Å². The van der Waals surface area contributed by atoms with Gasteiger partial charge in [0, 0.05) is 10.0 Å². The quantitative estimate of drug-likeness (QED) is 0.389. The van der Waals surface area contributed by atoms with E-state index in [2.05, 4.69) is 13.2 Å². The van der Waals surface area contributed by atoms with Gasteiger partial charge in [-0.25, -0.2) is 0 Å². The van der Waals surface area contributed by atoms with Crippen LogP contribution in [0.2, 0.25) is 16.4 Å². The summed E-state index contributed by atoms with van der Waals surface area (Å²) in [6.45, 7) is 1.40. The van der Waals surface area contributed by atoms with Crippen LogP contribution in [0.1, 0.15) is 37.7 Å². The van der Waals surface area contributed by atoms with Crippen molar-refractivity contribution < 1.29 is 9.90 Å². The maximum atomic E-state index is 11.4. The van der Waals surface area contributed by atoms with Crippen LogP contribution in [-0.2, 0) is 11.2 Å². The number of carboxylic acid groups (broad SMARTS) is 1. The Hall–Kier alpha value is -0.745. The van der Waals surface area contributed by atoms with E-state index in [1.54, 1.807) is 6.07 Å². The third-order valence-electron chi connectivity index (χ3n) is 4.22. The van der Waals surface area contributed by atoms with Crippen LogP contribution < -0.4 is 11.1 Å². The van der Waals surface area contributed by atoms with E-state index >= 15 is 0 Å². The average molecular weight is 373 g/mol. The van der Waals surface area contributed by atoms with Gasteiger partial charge < -0.3 is 16.2 Å². The topological polar surface area (TPSA) is 75.3 Å². The molecule has 1 aromatic rings. The van der Waals surface area contributed by atoms with Gasteiger partial charge >= 0.3 is 5.97 Å². The van der Waals surface area contributed by atoms with Gasteiger partial charge in [0.25, 0.3) is 0 Å². The number of hydrogen-bond acceptors (Lipinski definition) is 3. The smallest absolute Gasteiger partial charge is 0.323 e. The molecule has 1 aromatic carbocycles. The van der Waals surface area contributed by atoms with Crippen molar-refractivity contribution in [2.75, 3.05) is 13.1 Å². The second-order valence-electron chi connectivity index (χ2n) is 6.26. The van der Waals surface area contributed by atoms with Gasteiger partial charge in [-0.15, -0.1) is 0 Å². The van der Waals surface area contributed by atoms with Crippen molar-refractivity contribution in [2.45, 2.75) is 50.4 Å². The molecule has 0 heterocycles. The Labute approximate surface area is 155 Å². The summed E-state index contributed by atoms with van der Waals surface area (Å²) in [7, 11) is 2.09. The first kappa shape index (κ1) is 21.3. The van der Waals surface area contributed by atoms with Crippen LogP contribution in [0, 0.1) is 0 Å². The van der Waals surface area contributed by atoms with Gasteiger partial charge in [0.1, 0.15) is 13.4 Å². The molecule has 0 fully saturated rings. The summed E-state index contributed by atoms with van der Waals surface area (Å²) in [5.41, 5.74) is 6.00. The zero-order valence-electron chi connectivity index (χ0n) is 14.3. The van der Waals surface area contributed by atoms with E-state index in [-0.39, 0.29) is 0 Å². The first-order valence-corrected chi connectivity index (χ1v) is 9.31. The van der Waals surface area contributed by atoms with Gasteiger partial charge in [0.15, 0.2) is 0 Å². The van der Waals surface area contributed by atoms with Crippen molar-refractivity contribution in [1.29, 1.82) is 0 Å². The number of carboxylic acids is 1. The van der Waals surface area contributed by atoms with Crippen LogP contribution in [0.3, 0.4) is 0 Å². The van der Waals surface area contributed by atoms with Crippen molar-refractivity contribution in [3.8, 4) is 0 Å². The lowest BCUT2D eigenvalue weighted by molar-refractivity contribution is -0.143. The molecule has 0 spiro atoms. The number of nitrogens with one attached hydrogen (secondary N) is 1. The van der Waals surface area contributed by atoms with E-state index in [4.69, 9.17) is 28.9 Å². The molecule has 0 aliphatic rings. The minimum atomic E-state index is -1.12. The zero-order chi connectivity index (χ0) is 18.0. The monoisotopic (exact) mass is 372 g/mol. The molecule has 0 amide bonds. The van der Waals surface area contributed by atoms with Crippen molar-refractivity contribution in [3.63, 3.8) is 0 Å². The third kappa shape index (κ3) is 7.43. The number of aliphatic carboxylic acids is 1. The molecule has 0 aromatic heterocycles. The predicted octanol–water partition coefficient (Wildman–Crippen LogP) is 2.91. The van der Waals surface area contributed by atoms with Crippen molar-refractivity contribution >= 4 is 37.0 Å². The maximum absolute atomic E-state index is 11.4. The molecule has 1 rings (SSSR count). The van der Waals surface area contributed by atoms with E-state index in [0.29, 0.717) is 29.4 Å². The van der Waals surface area contributed by atoms with Crippen LogP contribution in [0.4, 0.5) is 0 Å². The van der Waals surface area contributed by atoms with Crippen molar-refractivity contribution in [2.24, 2.45) is 5.73 Å². The number of unbranched alkanes of at least 4 members (excludes halogenated alkanes) is 1. The molecule has 4 nitrogen and oxygen atoms in total. The Morgan fingerprint density at radius 3 is 2.58 bits per heavy atom. The molecular formula is C17H27BCl2N2O2. The zero-order valence-corrected chi connectivity index (χ0v) is 15.8. The number of halogens is 2. The molecule has 0 saturated carbocycles. The lowest BCUT2D eigenvalue weighted by Gasteiger charge is -2.24. The van der Waals surface area contributed by atoms with Gasteiger partial charge in [-0.2, -0.15) is 0 Å². The summed E-state index contributed by atoms with van der Waals surface area (Å²) in [5.74, 6) is -0.909. The molecule has 0 saturated heterocycles. The second-order valence-corrected chi connectivity index (χ2v) is 7.10. The van der Waals surface area contributed by atoms with Crippen LogP contribution in [0.25, 0.3) is 0 Å². The average Bonchev–Trinajstić information content (AvgIpc) is 2.52. The number of aryl methyl sites for hydroxylation is 1. The predicted molar refractivity (Wildman–Crippen MR) is 104 cm³/mol. The molecule has 24 heavy (non-hydrogen) atoms. The fourth-order valence-corrected chi connectivity index (χ4v) is 3.10. The SMILES string of the molecule is BCCCCC(N)(CCNCCCc1ccc(Cl)cc1Cl)C(=O)O. The Morgan fingerprint density at radius 1 is 1.21 bits per heavy atom. The van der Waals surface area contributed by atoms with Crippen molar-refractivity contribution in [3.05, 3.63) is 33.8 Å². The van der Waals surface area contributed by atoms with E-state index in [1.165, 1.54) is 0 Å². The summed E-state index contributed by atoms with van der Waals surface area (Å²) in [4.78, 5) is 11.4. The largest absolute Gasteiger partial charge is 0.480 e. The van der Waals surface area contributed by atoms with Crippen LogP contribution in [0.15, 0.2) is 18.2 Å². The van der Waals surface area contributed by atoms with E-state index in [0.717, 1.165) is 44.1 Å². The van der Waals surface area contributed by atoms with Gasteiger partial charge in [0.2, 0.25) is 0 Å². The molecule has 1 unspecified atom stereocenters. The number of carbonyl (C=O) groups is 1. The lowest BCUT2D eigenvalue weighted by atomic mass is 9.88. The van der Waals surface area contributed by atoms with Gasteiger partial charge in [-0.1, -0.05) is 48.4 Å². The Balaban J connectivity index is 2.27. The number of hydrogen-bond donors (Lipinski definition) is 3. The summed E-state index contributed by atoms with van der Waals surface area (Å²) in [5, 5.41) is 14.0. The number of rotatable bonds is 12.